The number of carbonyl (C=O) groups is 2. The average Bonchev–Trinajstić information content (AvgIpc) is 2.54. The molecule has 0 aliphatic heterocycles. The van der Waals surface area contributed by atoms with Crippen molar-refractivity contribution >= 4 is 11.9 Å². The Hall–Kier alpha value is -2.60. The molecule has 0 spiro atoms. The van der Waals surface area contributed by atoms with E-state index in [1.807, 2.05) is 0 Å². The molecule has 130 valence electrons. The Bertz CT molecular complexity index is 538. The SMILES string of the molecule is NC(CO)C(=O)NNCc1ccc(O)c(O)c1O.NCC(=O)O. The van der Waals surface area contributed by atoms with E-state index in [2.05, 4.69) is 16.6 Å². The number of aliphatic hydroxyl groups is 1. The van der Waals surface area contributed by atoms with Crippen molar-refractivity contribution in [2.45, 2.75) is 12.6 Å². The van der Waals surface area contributed by atoms with Crippen LogP contribution in [0, 0.1) is 0 Å². The molecule has 0 aliphatic carbocycles. The number of carbonyl (C=O) groups excluding carboxylic acids is 1. The molecule has 0 aromatic heterocycles. The first-order chi connectivity index (χ1) is 10.7. The highest BCUT2D eigenvalue weighted by molar-refractivity contribution is 5.81. The van der Waals surface area contributed by atoms with Gasteiger partial charge in [-0.05, 0) is 6.07 Å². The number of aliphatic hydroxyl groups excluding tert-OH is 1. The van der Waals surface area contributed by atoms with E-state index in [-0.39, 0.29) is 18.7 Å². The number of carboxylic acids is 1. The molecule has 0 saturated carbocycles. The van der Waals surface area contributed by atoms with Crippen LogP contribution in [-0.4, -0.2) is 56.6 Å². The van der Waals surface area contributed by atoms with Gasteiger partial charge in [0.05, 0.1) is 13.2 Å². The van der Waals surface area contributed by atoms with Crippen LogP contribution in [0.4, 0.5) is 0 Å². The molecule has 1 atom stereocenters. The number of carboxylic acid groups (broad SMARTS) is 1. The second-order valence-electron chi connectivity index (χ2n) is 4.17. The van der Waals surface area contributed by atoms with Crippen molar-refractivity contribution < 1.29 is 35.1 Å². The van der Waals surface area contributed by atoms with Crippen molar-refractivity contribution in [2.24, 2.45) is 11.5 Å². The molecule has 1 unspecified atom stereocenters. The molecule has 11 heteroatoms. The van der Waals surface area contributed by atoms with E-state index in [4.69, 9.17) is 21.1 Å². The van der Waals surface area contributed by atoms with Crippen molar-refractivity contribution in [2.75, 3.05) is 13.2 Å². The Morgan fingerprint density at radius 1 is 1.17 bits per heavy atom. The number of phenolic OH excluding ortho intramolecular Hbond substituents is 3. The quantitative estimate of drug-likeness (QED) is 0.194. The number of amides is 1. The fourth-order valence-corrected chi connectivity index (χ4v) is 1.16. The standard InChI is InChI=1S/C10H15N3O5.C2H5NO2/c11-6(4-14)10(18)13-12-3-5-1-2-7(15)9(17)8(5)16;3-1-2(4)5/h1-2,6,12,14-17H,3-4,11H2,(H,13,18);1,3H2,(H,4,5). The maximum atomic E-state index is 11.2. The minimum Gasteiger partial charge on any atom is -0.504 e. The predicted octanol–water partition coefficient (Wildman–Crippen LogP) is -2.73. The number of benzene rings is 1. The van der Waals surface area contributed by atoms with Gasteiger partial charge in [-0.3, -0.25) is 15.0 Å². The lowest BCUT2D eigenvalue weighted by atomic mass is 10.2. The molecule has 1 amide bonds. The average molecular weight is 332 g/mol. The number of nitrogens with two attached hydrogens (primary N) is 2. The molecule has 0 bridgehead atoms. The number of aliphatic carboxylic acids is 1. The zero-order valence-corrected chi connectivity index (χ0v) is 12.1. The monoisotopic (exact) mass is 332 g/mol. The third-order valence-corrected chi connectivity index (χ3v) is 2.41. The van der Waals surface area contributed by atoms with E-state index in [1.54, 1.807) is 0 Å². The van der Waals surface area contributed by atoms with Gasteiger partial charge in [-0.15, -0.1) is 0 Å². The molecule has 11 nitrogen and oxygen atoms in total. The molecule has 1 aromatic carbocycles. The number of aromatic hydroxyl groups is 3. The van der Waals surface area contributed by atoms with Crippen molar-refractivity contribution in [3.8, 4) is 17.2 Å². The molecule has 0 saturated heterocycles. The number of hydrogen-bond acceptors (Lipinski definition) is 9. The molecule has 11 N–H and O–H groups in total. The normalized spacial score (nSPS) is 11.1. The first-order valence-electron chi connectivity index (χ1n) is 6.28. The van der Waals surface area contributed by atoms with Crippen LogP contribution in [0.1, 0.15) is 5.56 Å². The third-order valence-electron chi connectivity index (χ3n) is 2.41. The van der Waals surface area contributed by atoms with Crippen LogP contribution in [0.15, 0.2) is 12.1 Å². The van der Waals surface area contributed by atoms with Crippen LogP contribution in [0.3, 0.4) is 0 Å². The summed E-state index contributed by atoms with van der Waals surface area (Å²) >= 11 is 0. The topological polar surface area (TPSA) is 211 Å². The van der Waals surface area contributed by atoms with Gasteiger partial charge < -0.3 is 37.0 Å². The lowest BCUT2D eigenvalue weighted by Gasteiger charge is -2.12. The van der Waals surface area contributed by atoms with E-state index >= 15 is 0 Å². The zero-order chi connectivity index (χ0) is 18.0. The molecule has 1 rings (SSSR count). The van der Waals surface area contributed by atoms with Gasteiger partial charge in [0.2, 0.25) is 5.75 Å². The largest absolute Gasteiger partial charge is 0.504 e. The van der Waals surface area contributed by atoms with E-state index in [9.17, 15) is 19.8 Å². The Morgan fingerprint density at radius 2 is 1.74 bits per heavy atom. The molecule has 1 aromatic rings. The molecule has 0 radical (unpaired) electrons. The maximum absolute atomic E-state index is 11.2. The predicted molar refractivity (Wildman–Crippen MR) is 78.2 cm³/mol. The smallest absolute Gasteiger partial charge is 0.317 e. The fourth-order valence-electron chi connectivity index (χ4n) is 1.16. The van der Waals surface area contributed by atoms with Crippen LogP contribution in [0.5, 0.6) is 17.2 Å². The zero-order valence-electron chi connectivity index (χ0n) is 12.1. The van der Waals surface area contributed by atoms with E-state index < -0.39 is 41.8 Å². The molecule has 0 heterocycles. The van der Waals surface area contributed by atoms with E-state index in [0.717, 1.165) is 0 Å². The molecule has 0 fully saturated rings. The first kappa shape index (κ1) is 20.4. The fraction of sp³-hybridized carbons (Fsp3) is 0.333. The summed E-state index contributed by atoms with van der Waals surface area (Å²) < 4.78 is 0. The highest BCUT2D eigenvalue weighted by atomic mass is 16.4. The second-order valence-corrected chi connectivity index (χ2v) is 4.17. The highest BCUT2D eigenvalue weighted by Gasteiger charge is 2.13. The van der Waals surface area contributed by atoms with Crippen molar-refractivity contribution in [1.29, 1.82) is 0 Å². The Labute approximate surface area is 131 Å². The van der Waals surface area contributed by atoms with Crippen LogP contribution in [0.2, 0.25) is 0 Å². The minimum atomic E-state index is -1.04. The van der Waals surface area contributed by atoms with Gasteiger partial charge in [0, 0.05) is 12.1 Å². The molecular weight excluding hydrogens is 312 g/mol. The molecule has 0 aliphatic rings. The summed E-state index contributed by atoms with van der Waals surface area (Å²) in [5.74, 6) is -3.14. The Kier molecular flexibility index (Phi) is 9.03. The second kappa shape index (κ2) is 10.2. The van der Waals surface area contributed by atoms with Crippen LogP contribution >= 0.6 is 0 Å². The minimum absolute atomic E-state index is 0.00353. The lowest BCUT2D eigenvalue weighted by molar-refractivity contribution is -0.135. The molecular formula is C12H20N4O7. The Morgan fingerprint density at radius 3 is 2.22 bits per heavy atom. The van der Waals surface area contributed by atoms with Crippen molar-refractivity contribution in [1.82, 2.24) is 10.9 Å². The summed E-state index contributed by atoms with van der Waals surface area (Å²) in [6, 6.07) is 1.53. The summed E-state index contributed by atoms with van der Waals surface area (Å²) in [6.07, 6.45) is 0. The summed E-state index contributed by atoms with van der Waals surface area (Å²) in [7, 11) is 0. The lowest BCUT2D eigenvalue weighted by Crippen LogP contribution is -2.48. The van der Waals surface area contributed by atoms with Gasteiger partial charge in [0.1, 0.15) is 6.04 Å². The Balaban J connectivity index is 0.000000841. The number of nitrogens with one attached hydrogen (secondary N) is 2. The van der Waals surface area contributed by atoms with Gasteiger partial charge >= 0.3 is 5.97 Å². The van der Waals surface area contributed by atoms with Crippen LogP contribution < -0.4 is 22.3 Å². The summed E-state index contributed by atoms with van der Waals surface area (Å²) in [5, 5.41) is 44.0. The number of rotatable bonds is 6. The van der Waals surface area contributed by atoms with Crippen molar-refractivity contribution in [3.63, 3.8) is 0 Å². The van der Waals surface area contributed by atoms with Gasteiger partial charge in [-0.25, -0.2) is 5.43 Å². The number of hydrogen-bond donors (Lipinski definition) is 9. The third kappa shape index (κ3) is 7.28. The van der Waals surface area contributed by atoms with E-state index in [1.165, 1.54) is 12.1 Å². The molecule has 23 heavy (non-hydrogen) atoms. The van der Waals surface area contributed by atoms with Crippen LogP contribution in [0.25, 0.3) is 0 Å². The van der Waals surface area contributed by atoms with E-state index in [0.29, 0.717) is 0 Å². The van der Waals surface area contributed by atoms with Gasteiger partial charge in [0.15, 0.2) is 11.5 Å². The van der Waals surface area contributed by atoms with Gasteiger partial charge in [-0.2, -0.15) is 0 Å². The van der Waals surface area contributed by atoms with Crippen molar-refractivity contribution in [3.05, 3.63) is 17.7 Å². The maximum Gasteiger partial charge on any atom is 0.317 e. The van der Waals surface area contributed by atoms with Crippen LogP contribution in [-0.2, 0) is 16.1 Å². The van der Waals surface area contributed by atoms with Gasteiger partial charge in [0.25, 0.3) is 5.91 Å². The van der Waals surface area contributed by atoms with Gasteiger partial charge in [-0.1, -0.05) is 6.07 Å². The number of phenols is 3. The summed E-state index contributed by atoms with van der Waals surface area (Å²) in [5.41, 5.74) is 14.8. The highest BCUT2D eigenvalue weighted by Crippen LogP contribution is 2.36. The number of hydrazine groups is 1. The summed E-state index contributed by atoms with van der Waals surface area (Å²) in [6.45, 7) is -0.762. The summed E-state index contributed by atoms with van der Waals surface area (Å²) in [4.78, 5) is 20.4. The first-order valence-corrected chi connectivity index (χ1v) is 6.28.